The van der Waals surface area contributed by atoms with Crippen LogP contribution in [0.4, 0.5) is 5.69 Å². The van der Waals surface area contributed by atoms with Gasteiger partial charge in [0.15, 0.2) is 0 Å². The summed E-state index contributed by atoms with van der Waals surface area (Å²) in [6, 6.07) is 8.09. The molecule has 0 radical (unpaired) electrons. The Kier molecular flexibility index (Phi) is 5.75. The summed E-state index contributed by atoms with van der Waals surface area (Å²) < 4.78 is 0. The number of rotatable bonds is 2. The van der Waals surface area contributed by atoms with Gasteiger partial charge in [-0.1, -0.05) is 24.8 Å². The number of nitrogens with one attached hydrogen (secondary N) is 1. The minimum absolute atomic E-state index is 1.12. The molecule has 1 aromatic carbocycles. The molecule has 0 bridgehead atoms. The van der Waals surface area contributed by atoms with E-state index in [1.54, 1.807) is 0 Å². The van der Waals surface area contributed by atoms with Crippen LogP contribution in [0.15, 0.2) is 30.8 Å². The predicted octanol–water partition coefficient (Wildman–Crippen LogP) is 1.95. The van der Waals surface area contributed by atoms with Crippen LogP contribution in [-0.2, 0) is 0 Å². The zero-order valence-electron chi connectivity index (χ0n) is 7.67. The Bertz CT molecular complexity index is 231. The predicted molar refractivity (Wildman–Crippen MR) is 56.2 cm³/mol. The average molecular weight is 164 g/mol. The summed E-state index contributed by atoms with van der Waals surface area (Å²) in [5, 5.41) is 3.05. The van der Waals surface area contributed by atoms with E-state index in [0.717, 1.165) is 11.3 Å². The first-order valence-electron chi connectivity index (χ1n) is 3.85. The highest BCUT2D eigenvalue weighted by Gasteiger charge is 1.86. The number of anilines is 1. The fourth-order valence-electron chi connectivity index (χ4n) is 0.821. The van der Waals surface area contributed by atoms with E-state index in [1.807, 2.05) is 37.4 Å². The van der Waals surface area contributed by atoms with Gasteiger partial charge in [-0.2, -0.15) is 0 Å². The van der Waals surface area contributed by atoms with Gasteiger partial charge in [0.05, 0.1) is 0 Å². The highest BCUT2D eigenvalue weighted by atomic mass is 14.8. The molecule has 0 aromatic heterocycles. The molecule has 0 aliphatic heterocycles. The summed E-state index contributed by atoms with van der Waals surface area (Å²) in [5.41, 5.74) is 6.77. The lowest BCUT2D eigenvalue weighted by molar-refractivity contribution is 1.48. The van der Waals surface area contributed by atoms with E-state index < -0.39 is 0 Å². The van der Waals surface area contributed by atoms with Gasteiger partial charge in [-0.25, -0.2) is 0 Å². The van der Waals surface area contributed by atoms with Gasteiger partial charge in [0, 0.05) is 12.7 Å². The Morgan fingerprint density at radius 1 is 1.42 bits per heavy atom. The van der Waals surface area contributed by atoms with Crippen molar-refractivity contribution in [2.75, 3.05) is 19.4 Å². The number of nitrogens with two attached hydrogens (primary N) is 1. The van der Waals surface area contributed by atoms with Gasteiger partial charge in [0.25, 0.3) is 0 Å². The van der Waals surface area contributed by atoms with E-state index in [9.17, 15) is 0 Å². The Labute approximate surface area is 74.1 Å². The summed E-state index contributed by atoms with van der Waals surface area (Å²) >= 11 is 0. The van der Waals surface area contributed by atoms with Crippen LogP contribution < -0.4 is 11.1 Å². The second-order valence-electron chi connectivity index (χ2n) is 2.08. The zero-order chi connectivity index (χ0) is 9.40. The van der Waals surface area contributed by atoms with Crippen molar-refractivity contribution in [3.63, 3.8) is 0 Å². The highest BCUT2D eigenvalue weighted by Crippen LogP contribution is 2.09. The normalized spacial score (nSPS) is 7.92. The largest absolute Gasteiger partial charge is 0.388 e. The molecule has 66 valence electrons. The SMILES string of the molecule is C=Cc1cccc(NC)c1.CN. The molecule has 0 amide bonds. The third kappa shape index (κ3) is 3.21. The van der Waals surface area contributed by atoms with E-state index in [0.29, 0.717) is 0 Å². The van der Waals surface area contributed by atoms with Crippen molar-refractivity contribution < 1.29 is 0 Å². The van der Waals surface area contributed by atoms with Crippen molar-refractivity contribution in [2.24, 2.45) is 5.73 Å². The van der Waals surface area contributed by atoms with Crippen LogP contribution >= 0.6 is 0 Å². The van der Waals surface area contributed by atoms with Gasteiger partial charge in [-0.05, 0) is 24.7 Å². The molecule has 0 heterocycles. The van der Waals surface area contributed by atoms with Gasteiger partial charge in [-0.15, -0.1) is 0 Å². The second kappa shape index (κ2) is 6.43. The Morgan fingerprint density at radius 3 is 2.58 bits per heavy atom. The van der Waals surface area contributed by atoms with Crippen LogP contribution in [0.3, 0.4) is 0 Å². The standard InChI is InChI=1S/C9H11N.CH5N/c1-3-8-5-4-6-9(7-8)10-2;1-2/h3-7,10H,1H2,2H3;2H2,1H3. The number of hydrogen-bond donors (Lipinski definition) is 2. The van der Waals surface area contributed by atoms with Crippen molar-refractivity contribution in [3.8, 4) is 0 Å². The summed E-state index contributed by atoms with van der Waals surface area (Å²) in [6.45, 7) is 3.68. The third-order valence-corrected chi connectivity index (χ3v) is 1.41. The molecule has 1 aromatic rings. The molecule has 2 heteroatoms. The van der Waals surface area contributed by atoms with E-state index >= 15 is 0 Å². The van der Waals surface area contributed by atoms with Crippen LogP contribution in [0.1, 0.15) is 5.56 Å². The lowest BCUT2D eigenvalue weighted by Gasteiger charge is -1.99. The molecule has 0 saturated carbocycles. The molecule has 1 rings (SSSR count). The first kappa shape index (κ1) is 10.7. The first-order chi connectivity index (χ1) is 5.86. The van der Waals surface area contributed by atoms with Crippen LogP contribution in [0.25, 0.3) is 6.08 Å². The Hall–Kier alpha value is -1.28. The fourth-order valence-corrected chi connectivity index (χ4v) is 0.821. The summed E-state index contributed by atoms with van der Waals surface area (Å²) in [4.78, 5) is 0. The van der Waals surface area contributed by atoms with Crippen molar-refractivity contribution in [1.82, 2.24) is 0 Å². The zero-order valence-corrected chi connectivity index (χ0v) is 7.67. The van der Waals surface area contributed by atoms with Gasteiger partial charge in [-0.3, -0.25) is 0 Å². The minimum atomic E-state index is 1.12. The molecular formula is C10H16N2. The number of hydrogen-bond acceptors (Lipinski definition) is 2. The smallest absolute Gasteiger partial charge is 0.0343 e. The molecule has 0 saturated heterocycles. The maximum absolute atomic E-state index is 4.50. The maximum Gasteiger partial charge on any atom is 0.0343 e. The van der Waals surface area contributed by atoms with Crippen molar-refractivity contribution >= 4 is 11.8 Å². The average Bonchev–Trinajstić information content (AvgIpc) is 2.21. The van der Waals surface area contributed by atoms with Gasteiger partial charge in [0.2, 0.25) is 0 Å². The highest BCUT2D eigenvalue weighted by molar-refractivity contribution is 5.55. The molecule has 3 N–H and O–H groups in total. The van der Waals surface area contributed by atoms with Crippen LogP contribution in [0.2, 0.25) is 0 Å². The topological polar surface area (TPSA) is 38.0 Å². The number of benzene rings is 1. The summed E-state index contributed by atoms with van der Waals surface area (Å²) in [6.07, 6.45) is 1.83. The van der Waals surface area contributed by atoms with Crippen molar-refractivity contribution in [1.29, 1.82) is 0 Å². The first-order valence-corrected chi connectivity index (χ1v) is 3.85. The molecule has 0 aliphatic carbocycles. The van der Waals surface area contributed by atoms with Crippen LogP contribution in [0, 0.1) is 0 Å². The molecule has 0 fully saturated rings. The Balaban J connectivity index is 0.000000561. The van der Waals surface area contributed by atoms with Gasteiger partial charge < -0.3 is 11.1 Å². The summed E-state index contributed by atoms with van der Waals surface area (Å²) in [7, 11) is 3.40. The van der Waals surface area contributed by atoms with E-state index in [-0.39, 0.29) is 0 Å². The maximum atomic E-state index is 4.50. The summed E-state index contributed by atoms with van der Waals surface area (Å²) in [5.74, 6) is 0. The van der Waals surface area contributed by atoms with Crippen molar-refractivity contribution in [2.45, 2.75) is 0 Å². The van der Waals surface area contributed by atoms with E-state index in [4.69, 9.17) is 0 Å². The minimum Gasteiger partial charge on any atom is -0.388 e. The lowest BCUT2D eigenvalue weighted by atomic mass is 10.2. The van der Waals surface area contributed by atoms with Gasteiger partial charge >= 0.3 is 0 Å². The second-order valence-corrected chi connectivity index (χ2v) is 2.08. The van der Waals surface area contributed by atoms with E-state index in [1.165, 1.54) is 7.05 Å². The third-order valence-electron chi connectivity index (χ3n) is 1.41. The molecule has 0 unspecified atom stereocenters. The molecule has 0 aliphatic rings. The lowest BCUT2D eigenvalue weighted by Crippen LogP contribution is -1.86. The molecular weight excluding hydrogens is 148 g/mol. The monoisotopic (exact) mass is 164 g/mol. The van der Waals surface area contributed by atoms with Crippen LogP contribution in [-0.4, -0.2) is 14.1 Å². The molecule has 0 spiro atoms. The molecule has 0 atom stereocenters. The molecule has 12 heavy (non-hydrogen) atoms. The van der Waals surface area contributed by atoms with Crippen molar-refractivity contribution in [3.05, 3.63) is 36.4 Å². The Morgan fingerprint density at radius 2 is 2.08 bits per heavy atom. The molecule has 2 nitrogen and oxygen atoms in total. The quantitative estimate of drug-likeness (QED) is 0.701. The van der Waals surface area contributed by atoms with Crippen LogP contribution in [0.5, 0.6) is 0 Å². The van der Waals surface area contributed by atoms with Gasteiger partial charge in [0.1, 0.15) is 0 Å². The fraction of sp³-hybridized carbons (Fsp3) is 0.200. The van der Waals surface area contributed by atoms with E-state index in [2.05, 4.69) is 17.6 Å².